The first-order valence-electron chi connectivity index (χ1n) is 8.45. The maximum atomic E-state index is 13.8. The van der Waals surface area contributed by atoms with E-state index in [0.29, 0.717) is 5.56 Å². The molecule has 6 nitrogen and oxygen atoms in total. The zero-order chi connectivity index (χ0) is 19.6. The molecule has 27 heavy (non-hydrogen) atoms. The first kappa shape index (κ1) is 19.2. The van der Waals surface area contributed by atoms with Gasteiger partial charge in [-0.05, 0) is 31.2 Å². The molecule has 0 unspecified atom stereocenters. The molecule has 1 fully saturated rings. The molecule has 2 aromatic rings. The van der Waals surface area contributed by atoms with Crippen molar-refractivity contribution in [2.45, 2.75) is 11.8 Å². The number of hydrogen-bond acceptors (Lipinski definition) is 4. The fourth-order valence-corrected chi connectivity index (χ4v) is 4.43. The molecule has 0 bridgehead atoms. The highest BCUT2D eigenvalue weighted by atomic mass is 32.2. The lowest BCUT2D eigenvalue weighted by atomic mass is 10.1. The number of nitrogens with zero attached hydrogens (tertiary/aromatic N) is 2. The van der Waals surface area contributed by atoms with E-state index < -0.39 is 21.7 Å². The van der Waals surface area contributed by atoms with Gasteiger partial charge in [0.2, 0.25) is 10.0 Å². The highest BCUT2D eigenvalue weighted by molar-refractivity contribution is 7.89. The minimum atomic E-state index is -3.77. The van der Waals surface area contributed by atoms with Crippen molar-refractivity contribution in [2.24, 2.45) is 0 Å². The van der Waals surface area contributed by atoms with E-state index >= 15 is 0 Å². The van der Waals surface area contributed by atoms with Crippen molar-refractivity contribution in [1.82, 2.24) is 9.21 Å². The van der Waals surface area contributed by atoms with E-state index in [4.69, 9.17) is 0 Å². The standard InChI is InChI=1S/C19H19FN2O4S/c1-14(23)15-5-4-6-16(13-15)27(25,26)22-11-9-21(10-12-22)19(24)17-7-2-3-8-18(17)20/h2-8,13H,9-12H2,1H3. The highest BCUT2D eigenvalue weighted by Gasteiger charge is 2.31. The molecule has 3 rings (SSSR count). The number of halogens is 1. The topological polar surface area (TPSA) is 74.8 Å². The lowest BCUT2D eigenvalue weighted by Crippen LogP contribution is -2.50. The van der Waals surface area contributed by atoms with Gasteiger partial charge >= 0.3 is 0 Å². The van der Waals surface area contributed by atoms with Crippen molar-refractivity contribution in [3.8, 4) is 0 Å². The minimum absolute atomic E-state index is 0.0250. The van der Waals surface area contributed by atoms with Crippen molar-refractivity contribution >= 4 is 21.7 Å². The summed E-state index contributed by atoms with van der Waals surface area (Å²) in [7, 11) is -3.77. The van der Waals surface area contributed by atoms with Gasteiger partial charge in [0.25, 0.3) is 5.91 Å². The molecule has 0 radical (unpaired) electrons. The number of sulfonamides is 1. The molecule has 0 N–H and O–H groups in total. The van der Waals surface area contributed by atoms with Crippen molar-refractivity contribution < 1.29 is 22.4 Å². The molecular formula is C19H19FN2O4S. The predicted molar refractivity (Wildman–Crippen MR) is 97.5 cm³/mol. The summed E-state index contributed by atoms with van der Waals surface area (Å²) in [6, 6.07) is 11.6. The summed E-state index contributed by atoms with van der Waals surface area (Å²) in [4.78, 5) is 25.4. The summed E-state index contributed by atoms with van der Waals surface area (Å²) >= 11 is 0. The van der Waals surface area contributed by atoms with E-state index in [2.05, 4.69) is 0 Å². The lowest BCUT2D eigenvalue weighted by molar-refractivity contribution is 0.0693. The van der Waals surface area contributed by atoms with Crippen LogP contribution in [0.25, 0.3) is 0 Å². The zero-order valence-corrected chi connectivity index (χ0v) is 15.6. The summed E-state index contributed by atoms with van der Waals surface area (Å²) in [5.74, 6) is -1.27. The summed E-state index contributed by atoms with van der Waals surface area (Å²) in [5.41, 5.74) is 0.299. The van der Waals surface area contributed by atoms with Crippen LogP contribution in [0.5, 0.6) is 0 Å². The molecule has 0 spiro atoms. The van der Waals surface area contributed by atoms with Gasteiger partial charge in [-0.1, -0.05) is 24.3 Å². The lowest BCUT2D eigenvalue weighted by Gasteiger charge is -2.34. The fourth-order valence-electron chi connectivity index (χ4n) is 2.96. The Morgan fingerprint density at radius 2 is 1.63 bits per heavy atom. The Hall–Kier alpha value is -2.58. The molecule has 1 aliphatic heterocycles. The number of piperazine rings is 1. The van der Waals surface area contributed by atoms with Crippen molar-refractivity contribution in [2.75, 3.05) is 26.2 Å². The summed E-state index contributed by atoms with van der Waals surface area (Å²) < 4.78 is 40.7. The van der Waals surface area contributed by atoms with Crippen LogP contribution in [0.1, 0.15) is 27.6 Å². The van der Waals surface area contributed by atoms with Crippen LogP contribution in [0.15, 0.2) is 53.4 Å². The van der Waals surface area contributed by atoms with Gasteiger partial charge in [-0.15, -0.1) is 0 Å². The van der Waals surface area contributed by atoms with Gasteiger partial charge in [-0.3, -0.25) is 9.59 Å². The Morgan fingerprint density at radius 3 is 2.26 bits per heavy atom. The third-order valence-electron chi connectivity index (χ3n) is 4.51. The van der Waals surface area contributed by atoms with Crippen LogP contribution in [-0.2, 0) is 10.0 Å². The monoisotopic (exact) mass is 390 g/mol. The van der Waals surface area contributed by atoms with Crippen LogP contribution in [0.4, 0.5) is 4.39 Å². The van der Waals surface area contributed by atoms with Gasteiger partial charge in [0.05, 0.1) is 10.5 Å². The molecule has 0 atom stereocenters. The van der Waals surface area contributed by atoms with Crippen molar-refractivity contribution in [3.63, 3.8) is 0 Å². The Morgan fingerprint density at radius 1 is 0.963 bits per heavy atom. The normalized spacial score (nSPS) is 15.6. The Bertz CT molecular complexity index is 983. The molecule has 0 aromatic heterocycles. The van der Waals surface area contributed by atoms with Crippen LogP contribution in [-0.4, -0.2) is 55.5 Å². The SMILES string of the molecule is CC(=O)c1cccc(S(=O)(=O)N2CCN(C(=O)c3ccccc3F)CC2)c1. The molecule has 142 valence electrons. The molecule has 0 aliphatic carbocycles. The van der Waals surface area contributed by atoms with Crippen molar-refractivity contribution in [3.05, 3.63) is 65.5 Å². The van der Waals surface area contributed by atoms with Crippen molar-refractivity contribution in [1.29, 1.82) is 0 Å². The number of amides is 1. The maximum absolute atomic E-state index is 13.8. The zero-order valence-electron chi connectivity index (χ0n) is 14.8. The molecule has 1 saturated heterocycles. The number of carbonyl (C=O) groups excluding carboxylic acids is 2. The van der Waals surface area contributed by atoms with Crippen LogP contribution in [0.2, 0.25) is 0 Å². The Labute approximate surface area is 157 Å². The van der Waals surface area contributed by atoms with E-state index in [9.17, 15) is 22.4 Å². The summed E-state index contributed by atoms with van der Waals surface area (Å²) in [5, 5.41) is 0. The highest BCUT2D eigenvalue weighted by Crippen LogP contribution is 2.20. The van der Waals surface area contributed by atoms with Crippen LogP contribution >= 0.6 is 0 Å². The Kier molecular flexibility index (Phi) is 5.38. The number of carbonyl (C=O) groups is 2. The molecular weight excluding hydrogens is 371 g/mol. The minimum Gasteiger partial charge on any atom is -0.336 e. The molecule has 0 saturated carbocycles. The van der Waals surface area contributed by atoms with Crippen LogP contribution < -0.4 is 0 Å². The average Bonchev–Trinajstić information content (AvgIpc) is 2.68. The summed E-state index contributed by atoms with van der Waals surface area (Å²) in [6.45, 7) is 1.91. The number of Topliss-reactive ketones (excluding diaryl/α,β-unsaturated/α-hetero) is 1. The second-order valence-corrected chi connectivity index (χ2v) is 8.20. The quantitative estimate of drug-likeness (QED) is 0.750. The molecule has 1 heterocycles. The smallest absolute Gasteiger partial charge is 0.256 e. The van der Waals surface area contributed by atoms with Gasteiger partial charge in [-0.2, -0.15) is 4.31 Å². The van der Waals surface area contributed by atoms with Gasteiger partial charge < -0.3 is 4.90 Å². The van der Waals surface area contributed by atoms with Crippen LogP contribution in [0, 0.1) is 5.82 Å². The molecule has 1 amide bonds. The maximum Gasteiger partial charge on any atom is 0.256 e. The van der Waals surface area contributed by atoms with E-state index in [1.165, 1.54) is 52.5 Å². The Balaban J connectivity index is 1.73. The fraction of sp³-hybridized carbons (Fsp3) is 0.263. The number of benzene rings is 2. The first-order valence-corrected chi connectivity index (χ1v) is 9.89. The van der Waals surface area contributed by atoms with Gasteiger partial charge in [0.1, 0.15) is 5.82 Å². The van der Waals surface area contributed by atoms with Gasteiger partial charge in [-0.25, -0.2) is 12.8 Å². The van der Waals surface area contributed by atoms with E-state index in [1.54, 1.807) is 12.1 Å². The molecule has 2 aromatic carbocycles. The van der Waals surface area contributed by atoms with Gasteiger partial charge in [0, 0.05) is 31.7 Å². The van der Waals surface area contributed by atoms with E-state index in [0.717, 1.165) is 0 Å². The molecule has 8 heteroatoms. The predicted octanol–water partition coefficient (Wildman–Crippen LogP) is 2.17. The second-order valence-electron chi connectivity index (χ2n) is 6.26. The van der Waals surface area contributed by atoms with Gasteiger partial charge in [0.15, 0.2) is 5.78 Å². The summed E-state index contributed by atoms with van der Waals surface area (Å²) in [6.07, 6.45) is 0. The number of ketones is 1. The third kappa shape index (κ3) is 3.91. The molecule has 1 aliphatic rings. The second kappa shape index (κ2) is 7.58. The number of rotatable bonds is 4. The van der Waals surface area contributed by atoms with E-state index in [1.807, 2.05) is 0 Å². The largest absolute Gasteiger partial charge is 0.336 e. The first-order chi connectivity index (χ1) is 12.8. The number of hydrogen-bond donors (Lipinski definition) is 0. The van der Waals surface area contributed by atoms with E-state index in [-0.39, 0.29) is 42.4 Å². The average molecular weight is 390 g/mol. The van der Waals surface area contributed by atoms with Crippen LogP contribution in [0.3, 0.4) is 0 Å². The third-order valence-corrected chi connectivity index (χ3v) is 6.40.